The van der Waals surface area contributed by atoms with Crippen molar-refractivity contribution in [3.05, 3.63) is 35.5 Å². The molecule has 0 radical (unpaired) electrons. The van der Waals surface area contributed by atoms with Crippen LogP contribution in [0.3, 0.4) is 0 Å². The largest absolute Gasteiger partial charge is 0.358 e. The molecule has 0 saturated carbocycles. The zero-order valence-electron chi connectivity index (χ0n) is 13.3. The fourth-order valence-electron chi connectivity index (χ4n) is 4.36. The van der Waals surface area contributed by atoms with E-state index in [2.05, 4.69) is 34.1 Å². The number of hydrogen-bond donors (Lipinski definition) is 1. The first-order valence-electron chi connectivity index (χ1n) is 8.51. The Morgan fingerprint density at radius 1 is 1.27 bits per heavy atom. The van der Waals surface area contributed by atoms with Gasteiger partial charge in [-0.2, -0.15) is 0 Å². The standard InChI is InChI=1S/C19H24N2O/c1-13(22)6-8-21-9-7-14-11-19-17(10-15(14)12-21)16-4-2-3-5-18(16)20-19/h2-5,14-15,20H,6-12H2,1H3/t14-,15-/m0/s1. The van der Waals surface area contributed by atoms with Gasteiger partial charge in [-0.05, 0) is 56.2 Å². The van der Waals surface area contributed by atoms with Crippen LogP contribution in [0, 0.1) is 11.8 Å². The van der Waals surface area contributed by atoms with Crippen LogP contribution in [0.15, 0.2) is 24.3 Å². The lowest BCUT2D eigenvalue weighted by Crippen LogP contribution is -2.44. The smallest absolute Gasteiger partial charge is 0.131 e. The first-order valence-corrected chi connectivity index (χ1v) is 8.51. The number of aromatic nitrogens is 1. The van der Waals surface area contributed by atoms with Crippen LogP contribution in [0.4, 0.5) is 0 Å². The van der Waals surface area contributed by atoms with Gasteiger partial charge < -0.3 is 9.88 Å². The molecule has 0 bridgehead atoms. The lowest BCUT2D eigenvalue weighted by molar-refractivity contribution is -0.117. The molecule has 1 saturated heterocycles. The summed E-state index contributed by atoms with van der Waals surface area (Å²) >= 11 is 0. The highest BCUT2D eigenvalue weighted by atomic mass is 16.1. The van der Waals surface area contributed by atoms with Crippen molar-refractivity contribution in [3.8, 4) is 0 Å². The highest BCUT2D eigenvalue weighted by molar-refractivity contribution is 5.84. The third-order valence-electron chi connectivity index (χ3n) is 5.59. The molecule has 2 aliphatic rings. The zero-order valence-corrected chi connectivity index (χ0v) is 13.3. The summed E-state index contributed by atoms with van der Waals surface area (Å²) < 4.78 is 0. The highest BCUT2D eigenvalue weighted by Crippen LogP contribution is 2.38. The molecule has 1 aliphatic carbocycles. The van der Waals surface area contributed by atoms with E-state index in [9.17, 15) is 4.79 Å². The van der Waals surface area contributed by atoms with Crippen molar-refractivity contribution in [3.63, 3.8) is 0 Å². The van der Waals surface area contributed by atoms with E-state index in [1.165, 1.54) is 35.9 Å². The Kier molecular flexibility index (Phi) is 3.53. The molecule has 2 aromatic rings. The number of benzene rings is 1. The molecule has 0 unspecified atom stereocenters. The monoisotopic (exact) mass is 296 g/mol. The minimum absolute atomic E-state index is 0.310. The van der Waals surface area contributed by atoms with E-state index in [-0.39, 0.29) is 0 Å². The number of ketones is 1. The summed E-state index contributed by atoms with van der Waals surface area (Å²) in [6, 6.07) is 8.70. The maximum atomic E-state index is 11.2. The van der Waals surface area contributed by atoms with Crippen molar-refractivity contribution < 1.29 is 4.79 Å². The second-order valence-corrected chi connectivity index (χ2v) is 7.10. The van der Waals surface area contributed by atoms with E-state index in [4.69, 9.17) is 0 Å². The molecule has 2 atom stereocenters. The number of hydrogen-bond acceptors (Lipinski definition) is 2. The van der Waals surface area contributed by atoms with Crippen LogP contribution in [0.2, 0.25) is 0 Å². The van der Waals surface area contributed by atoms with E-state index < -0.39 is 0 Å². The molecule has 3 nitrogen and oxygen atoms in total. The van der Waals surface area contributed by atoms with Gasteiger partial charge >= 0.3 is 0 Å². The number of H-pyrrole nitrogens is 1. The molecule has 2 heterocycles. The number of carbonyl (C=O) groups excluding carboxylic acids is 1. The number of nitrogens with zero attached hydrogens (tertiary/aromatic N) is 1. The number of Topliss-reactive ketones (excluding diaryl/α,β-unsaturated/α-hetero) is 1. The van der Waals surface area contributed by atoms with Gasteiger partial charge in [-0.1, -0.05) is 18.2 Å². The van der Waals surface area contributed by atoms with E-state index in [0.29, 0.717) is 12.2 Å². The Bertz CT molecular complexity index is 703. The molecule has 4 rings (SSSR count). The molecule has 0 spiro atoms. The summed E-state index contributed by atoms with van der Waals surface area (Å²) in [7, 11) is 0. The number of aromatic amines is 1. The predicted molar refractivity (Wildman–Crippen MR) is 89.0 cm³/mol. The Labute approximate surface area is 131 Å². The fraction of sp³-hybridized carbons (Fsp3) is 0.526. The Hall–Kier alpha value is -1.61. The molecule has 22 heavy (non-hydrogen) atoms. The van der Waals surface area contributed by atoms with Crippen LogP contribution < -0.4 is 0 Å². The summed E-state index contributed by atoms with van der Waals surface area (Å²) in [5.41, 5.74) is 4.31. The van der Waals surface area contributed by atoms with Gasteiger partial charge in [-0.3, -0.25) is 4.79 Å². The van der Waals surface area contributed by atoms with E-state index in [1.54, 1.807) is 12.5 Å². The predicted octanol–water partition coefficient (Wildman–Crippen LogP) is 3.18. The van der Waals surface area contributed by atoms with Crippen molar-refractivity contribution in [1.29, 1.82) is 0 Å². The lowest BCUT2D eigenvalue weighted by Gasteiger charge is -2.41. The second-order valence-electron chi connectivity index (χ2n) is 7.10. The zero-order chi connectivity index (χ0) is 15.1. The fourth-order valence-corrected chi connectivity index (χ4v) is 4.36. The van der Waals surface area contributed by atoms with Gasteiger partial charge in [0.15, 0.2) is 0 Å². The molecule has 1 aromatic carbocycles. The summed E-state index contributed by atoms with van der Waals surface area (Å²) in [5.74, 6) is 1.88. The Morgan fingerprint density at radius 2 is 2.14 bits per heavy atom. The van der Waals surface area contributed by atoms with E-state index >= 15 is 0 Å². The third kappa shape index (κ3) is 2.48. The Morgan fingerprint density at radius 3 is 3.00 bits per heavy atom. The first kappa shape index (κ1) is 14.0. The van der Waals surface area contributed by atoms with Gasteiger partial charge in [0.1, 0.15) is 5.78 Å². The van der Waals surface area contributed by atoms with Crippen LogP contribution in [0.1, 0.15) is 31.0 Å². The third-order valence-corrected chi connectivity index (χ3v) is 5.59. The minimum atomic E-state index is 0.310. The normalized spacial score (nSPS) is 25.0. The molecule has 1 N–H and O–H groups in total. The van der Waals surface area contributed by atoms with E-state index in [1.807, 2.05) is 0 Å². The number of nitrogens with one attached hydrogen (secondary N) is 1. The van der Waals surface area contributed by atoms with Gasteiger partial charge in [0, 0.05) is 36.1 Å². The molecular formula is C19H24N2O. The van der Waals surface area contributed by atoms with Gasteiger partial charge in [0.2, 0.25) is 0 Å². The topological polar surface area (TPSA) is 36.1 Å². The van der Waals surface area contributed by atoms with Gasteiger partial charge in [-0.25, -0.2) is 0 Å². The van der Waals surface area contributed by atoms with Gasteiger partial charge in [-0.15, -0.1) is 0 Å². The maximum absolute atomic E-state index is 11.2. The van der Waals surface area contributed by atoms with Crippen molar-refractivity contribution in [2.75, 3.05) is 19.6 Å². The molecule has 0 amide bonds. The Balaban J connectivity index is 1.54. The number of piperidine rings is 1. The number of rotatable bonds is 3. The molecule has 1 fully saturated rings. The maximum Gasteiger partial charge on any atom is 0.131 e. The van der Waals surface area contributed by atoms with Gasteiger partial charge in [0.05, 0.1) is 0 Å². The first-order chi connectivity index (χ1) is 10.7. The van der Waals surface area contributed by atoms with Crippen molar-refractivity contribution in [1.82, 2.24) is 9.88 Å². The number of fused-ring (bicyclic) bond motifs is 4. The highest BCUT2D eigenvalue weighted by Gasteiger charge is 2.34. The minimum Gasteiger partial charge on any atom is -0.358 e. The van der Waals surface area contributed by atoms with Crippen molar-refractivity contribution in [2.45, 2.75) is 32.6 Å². The lowest BCUT2D eigenvalue weighted by atomic mass is 9.74. The summed E-state index contributed by atoms with van der Waals surface area (Å²) in [6.45, 7) is 4.96. The molecule has 1 aromatic heterocycles. The van der Waals surface area contributed by atoms with Crippen LogP contribution in [0.5, 0.6) is 0 Å². The molecular weight excluding hydrogens is 272 g/mol. The summed E-state index contributed by atoms with van der Waals surface area (Å²) in [6.07, 6.45) is 4.38. The molecule has 3 heteroatoms. The average molecular weight is 296 g/mol. The van der Waals surface area contributed by atoms with Crippen LogP contribution in [0.25, 0.3) is 10.9 Å². The van der Waals surface area contributed by atoms with E-state index in [0.717, 1.165) is 31.5 Å². The number of carbonyl (C=O) groups is 1. The van der Waals surface area contributed by atoms with Crippen LogP contribution in [-0.4, -0.2) is 35.3 Å². The SMILES string of the molecule is CC(=O)CCN1CC[C@H]2Cc3[nH]c4ccccc4c3C[C@H]2C1. The van der Waals surface area contributed by atoms with Crippen molar-refractivity contribution in [2.24, 2.45) is 11.8 Å². The summed E-state index contributed by atoms with van der Waals surface area (Å²) in [4.78, 5) is 17.4. The van der Waals surface area contributed by atoms with Gasteiger partial charge in [0.25, 0.3) is 0 Å². The second kappa shape index (κ2) is 5.54. The molecule has 116 valence electrons. The van der Waals surface area contributed by atoms with Crippen molar-refractivity contribution >= 4 is 16.7 Å². The quantitative estimate of drug-likeness (QED) is 0.944. The van der Waals surface area contributed by atoms with Crippen LogP contribution >= 0.6 is 0 Å². The summed E-state index contributed by atoms with van der Waals surface area (Å²) in [5, 5.41) is 1.41. The number of likely N-dealkylation sites (tertiary alicyclic amines) is 1. The van der Waals surface area contributed by atoms with Crippen LogP contribution in [-0.2, 0) is 17.6 Å². The number of para-hydroxylation sites is 1. The average Bonchev–Trinajstić information content (AvgIpc) is 2.88. The molecule has 1 aliphatic heterocycles.